The van der Waals surface area contributed by atoms with E-state index >= 15 is 0 Å². The fourth-order valence-electron chi connectivity index (χ4n) is 2.65. The number of carbonyl (C=O) groups excluding carboxylic acids is 2. The van der Waals surface area contributed by atoms with Crippen LogP contribution < -0.4 is 4.74 Å². The van der Waals surface area contributed by atoms with E-state index < -0.39 is 16.0 Å². The number of amides is 1. The topological polar surface area (TPSA) is 93.2 Å². The second-order valence-electron chi connectivity index (χ2n) is 6.17. The van der Waals surface area contributed by atoms with Gasteiger partial charge >= 0.3 is 5.97 Å². The zero-order valence-corrected chi connectivity index (χ0v) is 16.0. The number of nitrogens with zero attached hydrogens (tertiary/aromatic N) is 2. The highest BCUT2D eigenvalue weighted by molar-refractivity contribution is 7.89. The summed E-state index contributed by atoms with van der Waals surface area (Å²) in [7, 11) is 0.320. The first-order valence-corrected chi connectivity index (χ1v) is 9.77. The summed E-state index contributed by atoms with van der Waals surface area (Å²) < 4.78 is 36.0. The number of esters is 1. The molecule has 0 saturated carbocycles. The van der Waals surface area contributed by atoms with E-state index in [-0.39, 0.29) is 28.7 Å². The quantitative estimate of drug-likeness (QED) is 0.682. The van der Waals surface area contributed by atoms with E-state index in [1.807, 2.05) is 0 Å². The molecule has 1 fully saturated rings. The normalized spacial score (nSPS) is 15.0. The molecule has 1 aromatic rings. The molecule has 0 N–H and O–H groups in total. The molecular weight excluding hydrogens is 360 g/mol. The Hall–Kier alpha value is -2.13. The predicted octanol–water partition coefficient (Wildman–Crippen LogP) is 1.11. The summed E-state index contributed by atoms with van der Waals surface area (Å²) in [6.45, 7) is 0.981. The summed E-state index contributed by atoms with van der Waals surface area (Å²) in [5.74, 6) is -0.874. The summed E-state index contributed by atoms with van der Waals surface area (Å²) in [5.41, 5.74) is 0.0395. The van der Waals surface area contributed by atoms with Gasteiger partial charge in [-0.1, -0.05) is 0 Å². The van der Waals surface area contributed by atoms with Crippen LogP contribution >= 0.6 is 0 Å². The second kappa shape index (κ2) is 8.50. The molecule has 0 unspecified atom stereocenters. The van der Waals surface area contributed by atoms with Crippen molar-refractivity contribution in [3.63, 3.8) is 0 Å². The number of hydrogen-bond donors (Lipinski definition) is 0. The predicted molar refractivity (Wildman–Crippen MR) is 94.6 cm³/mol. The Morgan fingerprint density at radius 3 is 2.38 bits per heavy atom. The van der Waals surface area contributed by atoms with Crippen LogP contribution in [0.3, 0.4) is 0 Å². The maximum absolute atomic E-state index is 12.4. The summed E-state index contributed by atoms with van der Waals surface area (Å²) in [5, 5.41) is 0. The summed E-state index contributed by atoms with van der Waals surface area (Å²) in [6.07, 6.45) is 2.99. The van der Waals surface area contributed by atoms with Crippen LogP contribution in [-0.2, 0) is 19.6 Å². The van der Waals surface area contributed by atoms with Crippen molar-refractivity contribution in [3.8, 4) is 5.75 Å². The highest BCUT2D eigenvalue weighted by Gasteiger charge is 2.25. The van der Waals surface area contributed by atoms with Crippen LogP contribution in [0.15, 0.2) is 23.1 Å². The van der Waals surface area contributed by atoms with Gasteiger partial charge in [0.1, 0.15) is 10.6 Å². The third kappa shape index (κ3) is 4.53. The lowest BCUT2D eigenvalue weighted by molar-refractivity contribution is -0.135. The van der Waals surface area contributed by atoms with Crippen LogP contribution in [0.5, 0.6) is 5.75 Å². The Bertz CT molecular complexity index is 769. The molecule has 1 heterocycles. The lowest BCUT2D eigenvalue weighted by Crippen LogP contribution is -2.38. The fraction of sp³-hybridized carbons (Fsp3) is 0.529. The molecular formula is C17H24N2O6S. The first kappa shape index (κ1) is 20.2. The van der Waals surface area contributed by atoms with Gasteiger partial charge in [-0.15, -0.1) is 0 Å². The number of carbonyl (C=O) groups is 2. The number of methoxy groups -OCH3 is 1. The minimum absolute atomic E-state index is 0.0395. The van der Waals surface area contributed by atoms with Crippen molar-refractivity contribution in [1.82, 2.24) is 9.21 Å². The molecule has 1 aliphatic heterocycles. The van der Waals surface area contributed by atoms with Gasteiger partial charge in [0.15, 0.2) is 6.61 Å². The third-order valence-corrected chi connectivity index (χ3v) is 6.03. The van der Waals surface area contributed by atoms with E-state index in [0.29, 0.717) is 13.1 Å². The molecule has 0 spiro atoms. The molecule has 0 radical (unpaired) electrons. The summed E-state index contributed by atoms with van der Waals surface area (Å²) in [4.78, 5) is 25.9. The lowest BCUT2D eigenvalue weighted by Gasteiger charge is -2.26. The number of piperidine rings is 1. The van der Waals surface area contributed by atoms with Crippen molar-refractivity contribution < 1.29 is 27.5 Å². The van der Waals surface area contributed by atoms with Crippen molar-refractivity contribution in [2.45, 2.75) is 24.2 Å². The first-order chi connectivity index (χ1) is 12.3. The van der Waals surface area contributed by atoms with Gasteiger partial charge in [0, 0.05) is 27.2 Å². The highest BCUT2D eigenvalue weighted by Crippen LogP contribution is 2.27. The van der Waals surface area contributed by atoms with Gasteiger partial charge in [0.05, 0.1) is 12.7 Å². The molecule has 2 rings (SSSR count). The molecule has 26 heavy (non-hydrogen) atoms. The Kier molecular flexibility index (Phi) is 6.60. The van der Waals surface area contributed by atoms with E-state index in [2.05, 4.69) is 0 Å². The van der Waals surface area contributed by atoms with Gasteiger partial charge in [0.25, 0.3) is 5.91 Å². The molecule has 1 amide bonds. The SMILES string of the molecule is COc1ccc(C(=O)OCC(=O)N2CCCCC2)cc1S(=O)(=O)N(C)C. The van der Waals surface area contributed by atoms with Crippen LogP contribution in [0.1, 0.15) is 29.6 Å². The Morgan fingerprint density at radius 2 is 1.81 bits per heavy atom. The minimum Gasteiger partial charge on any atom is -0.495 e. The standard InChI is InChI=1S/C17H24N2O6S/c1-18(2)26(22,23)15-11-13(7-8-14(15)24-3)17(21)25-12-16(20)19-9-5-4-6-10-19/h7-8,11H,4-6,9-10,12H2,1-3H3. The van der Waals surface area contributed by atoms with Crippen LogP contribution in [0.4, 0.5) is 0 Å². The van der Waals surface area contributed by atoms with Crippen LogP contribution in [-0.4, -0.2) is 70.4 Å². The minimum atomic E-state index is -3.80. The lowest BCUT2D eigenvalue weighted by atomic mass is 10.1. The summed E-state index contributed by atoms with van der Waals surface area (Å²) >= 11 is 0. The van der Waals surface area contributed by atoms with E-state index in [1.165, 1.54) is 39.4 Å². The van der Waals surface area contributed by atoms with Crippen molar-refractivity contribution >= 4 is 21.9 Å². The Balaban J connectivity index is 2.12. The first-order valence-electron chi connectivity index (χ1n) is 8.33. The van der Waals surface area contributed by atoms with Gasteiger partial charge < -0.3 is 14.4 Å². The van der Waals surface area contributed by atoms with E-state index in [9.17, 15) is 18.0 Å². The van der Waals surface area contributed by atoms with Crippen molar-refractivity contribution in [3.05, 3.63) is 23.8 Å². The zero-order valence-electron chi connectivity index (χ0n) is 15.2. The Labute approximate surface area is 153 Å². The number of rotatable bonds is 6. The third-order valence-electron chi connectivity index (χ3n) is 4.19. The molecule has 9 heteroatoms. The molecule has 8 nitrogen and oxygen atoms in total. The fourth-order valence-corrected chi connectivity index (χ4v) is 3.72. The largest absolute Gasteiger partial charge is 0.495 e. The highest BCUT2D eigenvalue weighted by atomic mass is 32.2. The molecule has 0 aliphatic carbocycles. The molecule has 144 valence electrons. The molecule has 0 aromatic heterocycles. The van der Waals surface area contributed by atoms with Crippen molar-refractivity contribution in [2.24, 2.45) is 0 Å². The number of likely N-dealkylation sites (tertiary alicyclic amines) is 1. The Morgan fingerprint density at radius 1 is 1.15 bits per heavy atom. The number of ether oxygens (including phenoxy) is 2. The smallest absolute Gasteiger partial charge is 0.338 e. The monoisotopic (exact) mass is 384 g/mol. The van der Waals surface area contributed by atoms with Gasteiger partial charge in [-0.2, -0.15) is 0 Å². The molecule has 1 aromatic carbocycles. The summed E-state index contributed by atoms with van der Waals surface area (Å²) in [6, 6.07) is 3.99. The van der Waals surface area contributed by atoms with E-state index in [1.54, 1.807) is 4.90 Å². The van der Waals surface area contributed by atoms with Gasteiger partial charge in [-0.25, -0.2) is 17.5 Å². The average Bonchev–Trinajstić information content (AvgIpc) is 2.65. The van der Waals surface area contributed by atoms with Gasteiger partial charge in [0.2, 0.25) is 10.0 Å². The number of benzene rings is 1. The maximum Gasteiger partial charge on any atom is 0.338 e. The molecule has 1 aliphatic rings. The van der Waals surface area contributed by atoms with Gasteiger partial charge in [-0.05, 0) is 37.5 Å². The zero-order chi connectivity index (χ0) is 19.3. The van der Waals surface area contributed by atoms with Crippen molar-refractivity contribution in [1.29, 1.82) is 0 Å². The maximum atomic E-state index is 12.4. The van der Waals surface area contributed by atoms with Crippen LogP contribution in [0.25, 0.3) is 0 Å². The van der Waals surface area contributed by atoms with Crippen LogP contribution in [0.2, 0.25) is 0 Å². The second-order valence-corrected chi connectivity index (χ2v) is 8.29. The average molecular weight is 384 g/mol. The number of sulfonamides is 1. The van der Waals surface area contributed by atoms with Crippen LogP contribution in [0, 0.1) is 0 Å². The molecule has 1 saturated heterocycles. The molecule has 0 bridgehead atoms. The van der Waals surface area contributed by atoms with Crippen molar-refractivity contribution in [2.75, 3.05) is 40.9 Å². The molecule has 0 atom stereocenters. The van der Waals surface area contributed by atoms with Gasteiger partial charge in [-0.3, -0.25) is 4.79 Å². The number of hydrogen-bond acceptors (Lipinski definition) is 6. The van der Waals surface area contributed by atoms with E-state index in [4.69, 9.17) is 9.47 Å². The van der Waals surface area contributed by atoms with E-state index in [0.717, 1.165) is 23.6 Å².